The molecule has 0 saturated carbocycles. The van der Waals surface area contributed by atoms with Crippen molar-refractivity contribution in [1.82, 2.24) is 4.57 Å². The maximum absolute atomic E-state index is 10.6. The molecular formula is C10H8BrNO2. The summed E-state index contributed by atoms with van der Waals surface area (Å²) in [5.41, 5.74) is 0.932. The number of nitrogens with zero attached hydrogens (tertiary/aromatic N) is 1. The smallest absolute Gasteiger partial charge is 0.323 e. The first-order chi connectivity index (χ1) is 6.68. The maximum Gasteiger partial charge on any atom is 0.323 e. The monoisotopic (exact) mass is 253 g/mol. The molecule has 1 heterocycles. The fourth-order valence-corrected chi connectivity index (χ4v) is 2.06. The van der Waals surface area contributed by atoms with Gasteiger partial charge in [-0.15, -0.1) is 0 Å². The third-order valence-electron chi connectivity index (χ3n) is 2.05. The average Bonchev–Trinajstić information content (AvgIpc) is 2.44. The molecule has 14 heavy (non-hydrogen) atoms. The number of carboxylic acids is 1. The predicted molar refractivity (Wildman–Crippen MR) is 57.3 cm³/mol. The van der Waals surface area contributed by atoms with Gasteiger partial charge >= 0.3 is 5.97 Å². The number of aliphatic carboxylic acids is 1. The molecule has 1 aromatic carbocycles. The number of benzene rings is 1. The lowest BCUT2D eigenvalue weighted by Gasteiger charge is -1.99. The molecule has 0 bridgehead atoms. The molecule has 0 fully saturated rings. The molecule has 0 atom stereocenters. The van der Waals surface area contributed by atoms with Crippen LogP contribution in [0, 0.1) is 0 Å². The highest BCUT2D eigenvalue weighted by molar-refractivity contribution is 9.10. The van der Waals surface area contributed by atoms with Crippen LogP contribution in [0.25, 0.3) is 10.9 Å². The van der Waals surface area contributed by atoms with Crippen LogP contribution in [0.3, 0.4) is 0 Å². The summed E-state index contributed by atoms with van der Waals surface area (Å²) in [4.78, 5) is 10.6. The van der Waals surface area contributed by atoms with Crippen molar-refractivity contribution in [3.8, 4) is 0 Å². The van der Waals surface area contributed by atoms with Gasteiger partial charge in [-0.3, -0.25) is 4.79 Å². The average molecular weight is 254 g/mol. The normalized spacial score (nSPS) is 10.6. The van der Waals surface area contributed by atoms with E-state index in [-0.39, 0.29) is 6.54 Å². The summed E-state index contributed by atoms with van der Waals surface area (Å²) in [6.45, 7) is -0.00782. The summed E-state index contributed by atoms with van der Waals surface area (Å²) in [6.07, 6.45) is 1.79. The molecule has 1 aromatic heterocycles. The number of para-hydroxylation sites is 1. The van der Waals surface area contributed by atoms with Crippen molar-refractivity contribution in [1.29, 1.82) is 0 Å². The summed E-state index contributed by atoms with van der Waals surface area (Å²) >= 11 is 3.39. The lowest BCUT2D eigenvalue weighted by atomic mass is 10.2. The van der Waals surface area contributed by atoms with Gasteiger partial charge in [-0.2, -0.15) is 0 Å². The van der Waals surface area contributed by atoms with Crippen LogP contribution >= 0.6 is 15.9 Å². The van der Waals surface area contributed by atoms with E-state index in [2.05, 4.69) is 15.9 Å². The van der Waals surface area contributed by atoms with Crippen LogP contribution in [0.1, 0.15) is 0 Å². The van der Waals surface area contributed by atoms with Crippen molar-refractivity contribution < 1.29 is 9.90 Å². The zero-order valence-electron chi connectivity index (χ0n) is 7.27. The van der Waals surface area contributed by atoms with Gasteiger partial charge < -0.3 is 9.67 Å². The van der Waals surface area contributed by atoms with Crippen LogP contribution < -0.4 is 0 Å². The van der Waals surface area contributed by atoms with Gasteiger partial charge in [0.25, 0.3) is 0 Å². The molecule has 3 nitrogen and oxygen atoms in total. The zero-order valence-corrected chi connectivity index (χ0v) is 8.86. The highest BCUT2D eigenvalue weighted by Gasteiger charge is 2.07. The molecule has 0 radical (unpaired) electrons. The second kappa shape index (κ2) is 3.46. The predicted octanol–water partition coefficient (Wildman–Crippen LogP) is 2.49. The molecule has 0 saturated heterocycles. The van der Waals surface area contributed by atoms with Crippen LogP contribution in [0.4, 0.5) is 0 Å². The summed E-state index contributed by atoms with van der Waals surface area (Å²) in [5, 5.41) is 9.74. The number of carbonyl (C=O) groups is 1. The standard InChI is InChI=1S/C10H8BrNO2/c11-8-5-12(6-10(13)14)9-4-2-1-3-7(8)9/h1-5H,6H2,(H,13,14). The van der Waals surface area contributed by atoms with Crippen molar-refractivity contribution in [3.05, 3.63) is 34.9 Å². The molecule has 1 N–H and O–H groups in total. The number of carboxylic acid groups (broad SMARTS) is 1. The van der Waals surface area contributed by atoms with E-state index in [4.69, 9.17) is 5.11 Å². The quantitative estimate of drug-likeness (QED) is 0.894. The van der Waals surface area contributed by atoms with Crippen LogP contribution in [0.2, 0.25) is 0 Å². The van der Waals surface area contributed by atoms with E-state index >= 15 is 0 Å². The Morgan fingerprint density at radius 3 is 2.86 bits per heavy atom. The van der Waals surface area contributed by atoms with Gasteiger partial charge in [-0.25, -0.2) is 0 Å². The molecule has 4 heteroatoms. The Balaban J connectivity index is 2.60. The van der Waals surface area contributed by atoms with Crippen LogP contribution in [-0.2, 0) is 11.3 Å². The van der Waals surface area contributed by atoms with Crippen molar-refractivity contribution in [2.75, 3.05) is 0 Å². The third kappa shape index (κ3) is 1.53. The Labute approximate surface area is 89.1 Å². The molecule has 0 aliphatic heterocycles. The Kier molecular flexibility index (Phi) is 2.29. The van der Waals surface area contributed by atoms with Gasteiger partial charge in [0, 0.05) is 21.6 Å². The topological polar surface area (TPSA) is 42.2 Å². The molecule has 2 rings (SSSR count). The van der Waals surface area contributed by atoms with E-state index in [0.29, 0.717) is 0 Å². The molecular weight excluding hydrogens is 246 g/mol. The second-order valence-corrected chi connectivity index (χ2v) is 3.87. The van der Waals surface area contributed by atoms with Gasteiger partial charge in [-0.05, 0) is 22.0 Å². The maximum atomic E-state index is 10.6. The van der Waals surface area contributed by atoms with E-state index in [1.807, 2.05) is 24.3 Å². The lowest BCUT2D eigenvalue weighted by Crippen LogP contribution is -2.06. The number of hydrogen-bond acceptors (Lipinski definition) is 1. The summed E-state index contributed by atoms with van der Waals surface area (Å²) in [7, 11) is 0. The van der Waals surface area contributed by atoms with Crippen molar-refractivity contribution in [3.63, 3.8) is 0 Å². The SMILES string of the molecule is O=C(O)Cn1cc(Br)c2ccccc21. The van der Waals surface area contributed by atoms with E-state index in [9.17, 15) is 4.79 Å². The Morgan fingerprint density at radius 2 is 2.14 bits per heavy atom. The van der Waals surface area contributed by atoms with Crippen LogP contribution in [0.15, 0.2) is 34.9 Å². The van der Waals surface area contributed by atoms with E-state index in [1.165, 1.54) is 0 Å². The molecule has 0 aliphatic rings. The minimum atomic E-state index is -0.835. The van der Waals surface area contributed by atoms with E-state index in [0.717, 1.165) is 15.4 Å². The lowest BCUT2D eigenvalue weighted by molar-refractivity contribution is -0.137. The van der Waals surface area contributed by atoms with Crippen molar-refractivity contribution in [2.24, 2.45) is 0 Å². The number of rotatable bonds is 2. The number of hydrogen-bond donors (Lipinski definition) is 1. The number of halogens is 1. The van der Waals surface area contributed by atoms with Gasteiger partial charge in [-0.1, -0.05) is 18.2 Å². The van der Waals surface area contributed by atoms with Crippen molar-refractivity contribution in [2.45, 2.75) is 6.54 Å². The zero-order chi connectivity index (χ0) is 10.1. The number of aromatic nitrogens is 1. The first kappa shape index (κ1) is 9.27. The molecule has 2 aromatic rings. The first-order valence-corrected chi connectivity index (χ1v) is 4.93. The highest BCUT2D eigenvalue weighted by Crippen LogP contribution is 2.25. The minimum absolute atomic E-state index is 0.00782. The van der Waals surface area contributed by atoms with Gasteiger partial charge in [0.15, 0.2) is 0 Å². The van der Waals surface area contributed by atoms with Gasteiger partial charge in [0.1, 0.15) is 6.54 Å². The fourth-order valence-electron chi connectivity index (χ4n) is 1.48. The molecule has 0 amide bonds. The molecule has 0 aliphatic carbocycles. The largest absolute Gasteiger partial charge is 0.480 e. The van der Waals surface area contributed by atoms with Gasteiger partial charge in [0.2, 0.25) is 0 Å². The van der Waals surface area contributed by atoms with Crippen LogP contribution in [0.5, 0.6) is 0 Å². The Morgan fingerprint density at radius 1 is 1.43 bits per heavy atom. The molecule has 0 unspecified atom stereocenters. The number of fused-ring (bicyclic) bond motifs is 1. The molecule has 0 spiro atoms. The van der Waals surface area contributed by atoms with Crippen molar-refractivity contribution >= 4 is 32.8 Å². The van der Waals surface area contributed by atoms with Gasteiger partial charge in [0.05, 0.1) is 0 Å². The minimum Gasteiger partial charge on any atom is -0.480 e. The highest BCUT2D eigenvalue weighted by atomic mass is 79.9. The van der Waals surface area contributed by atoms with E-state index < -0.39 is 5.97 Å². The van der Waals surface area contributed by atoms with E-state index in [1.54, 1.807) is 10.8 Å². The second-order valence-electron chi connectivity index (χ2n) is 3.02. The summed E-state index contributed by atoms with van der Waals surface area (Å²) in [6, 6.07) is 7.69. The first-order valence-electron chi connectivity index (χ1n) is 4.13. The summed E-state index contributed by atoms with van der Waals surface area (Å²) < 4.78 is 2.64. The Hall–Kier alpha value is -1.29. The summed E-state index contributed by atoms with van der Waals surface area (Å²) in [5.74, 6) is -0.835. The third-order valence-corrected chi connectivity index (χ3v) is 2.68. The molecule has 72 valence electrons. The Bertz CT molecular complexity index is 490. The van der Waals surface area contributed by atoms with Crippen LogP contribution in [-0.4, -0.2) is 15.6 Å². The fraction of sp³-hybridized carbons (Fsp3) is 0.100.